The van der Waals surface area contributed by atoms with Crippen LogP contribution in [0.25, 0.3) is 0 Å². The largest absolute Gasteiger partial charge is 0.317 e. The molecule has 2 nitrogen and oxygen atoms in total. The molecular formula is C12H24N2. The highest BCUT2D eigenvalue weighted by Crippen LogP contribution is 2.30. The molecule has 0 radical (unpaired) electrons. The third-order valence-corrected chi connectivity index (χ3v) is 4.21. The van der Waals surface area contributed by atoms with E-state index in [9.17, 15) is 0 Å². The van der Waals surface area contributed by atoms with Gasteiger partial charge >= 0.3 is 0 Å². The zero-order valence-electron chi connectivity index (χ0n) is 9.63. The first-order chi connectivity index (χ1) is 6.79. The lowest BCUT2D eigenvalue weighted by atomic mass is 9.85. The second-order valence-corrected chi connectivity index (χ2v) is 5.19. The van der Waals surface area contributed by atoms with Gasteiger partial charge < -0.3 is 10.2 Å². The lowest BCUT2D eigenvalue weighted by Gasteiger charge is -2.33. The Balaban J connectivity index is 1.71. The molecule has 0 aromatic rings. The summed E-state index contributed by atoms with van der Waals surface area (Å²) in [5.41, 5.74) is 0. The molecular weight excluding hydrogens is 172 g/mol. The summed E-state index contributed by atoms with van der Waals surface area (Å²) in [5, 5.41) is 3.40. The molecule has 0 aromatic carbocycles. The van der Waals surface area contributed by atoms with Gasteiger partial charge in [-0.25, -0.2) is 0 Å². The van der Waals surface area contributed by atoms with Crippen LogP contribution in [0, 0.1) is 5.92 Å². The van der Waals surface area contributed by atoms with Crippen LogP contribution in [0.4, 0.5) is 0 Å². The maximum absolute atomic E-state index is 3.40. The van der Waals surface area contributed by atoms with Gasteiger partial charge in [-0.1, -0.05) is 6.42 Å². The maximum atomic E-state index is 3.40. The summed E-state index contributed by atoms with van der Waals surface area (Å²) in [7, 11) is 4.42. The molecule has 82 valence electrons. The molecule has 2 rings (SSSR count). The van der Waals surface area contributed by atoms with Crippen molar-refractivity contribution >= 4 is 0 Å². The van der Waals surface area contributed by atoms with Gasteiger partial charge in [-0.2, -0.15) is 0 Å². The molecule has 2 unspecified atom stereocenters. The summed E-state index contributed by atoms with van der Waals surface area (Å²) in [5.74, 6) is 1.02. The Bertz CT molecular complexity index is 177. The average molecular weight is 196 g/mol. The Hall–Kier alpha value is -0.0800. The average Bonchev–Trinajstić information content (AvgIpc) is 2.59. The molecule has 0 bridgehead atoms. The van der Waals surface area contributed by atoms with Gasteiger partial charge in [0, 0.05) is 18.6 Å². The first-order valence-corrected chi connectivity index (χ1v) is 6.17. The Morgan fingerprint density at radius 2 is 2.00 bits per heavy atom. The fraction of sp³-hybridized carbons (Fsp3) is 1.00. The zero-order chi connectivity index (χ0) is 9.97. The van der Waals surface area contributed by atoms with E-state index in [1.54, 1.807) is 0 Å². The van der Waals surface area contributed by atoms with Crippen molar-refractivity contribution in [2.24, 2.45) is 5.92 Å². The van der Waals surface area contributed by atoms with Gasteiger partial charge in [0.15, 0.2) is 0 Å². The lowest BCUT2D eigenvalue weighted by Crippen LogP contribution is -2.37. The van der Waals surface area contributed by atoms with Gasteiger partial charge in [-0.05, 0) is 52.1 Å². The van der Waals surface area contributed by atoms with Gasteiger partial charge in [0.2, 0.25) is 0 Å². The molecule has 0 saturated heterocycles. The fourth-order valence-corrected chi connectivity index (χ4v) is 2.85. The molecule has 0 heterocycles. The van der Waals surface area contributed by atoms with Gasteiger partial charge in [0.1, 0.15) is 0 Å². The summed E-state index contributed by atoms with van der Waals surface area (Å²) >= 11 is 0. The number of rotatable bonds is 4. The van der Waals surface area contributed by atoms with Crippen molar-refractivity contribution in [3.63, 3.8) is 0 Å². The predicted molar refractivity (Wildman–Crippen MR) is 60.5 cm³/mol. The SMILES string of the molecule is CNC1CCC(N(C)CC2CCC2)C1. The Kier molecular flexibility index (Phi) is 3.45. The van der Waals surface area contributed by atoms with E-state index in [0.29, 0.717) is 0 Å². The standard InChI is InChI=1S/C12H24N2/c1-13-11-6-7-12(8-11)14(2)9-10-4-3-5-10/h10-13H,3-9H2,1-2H3. The van der Waals surface area contributed by atoms with Crippen LogP contribution >= 0.6 is 0 Å². The quantitative estimate of drug-likeness (QED) is 0.738. The number of hydrogen-bond donors (Lipinski definition) is 1. The zero-order valence-corrected chi connectivity index (χ0v) is 9.63. The molecule has 2 saturated carbocycles. The number of hydrogen-bond acceptors (Lipinski definition) is 2. The third-order valence-electron chi connectivity index (χ3n) is 4.21. The third kappa shape index (κ3) is 2.29. The lowest BCUT2D eigenvalue weighted by molar-refractivity contribution is 0.162. The summed E-state index contributed by atoms with van der Waals surface area (Å²) in [4.78, 5) is 2.61. The van der Waals surface area contributed by atoms with Gasteiger partial charge in [-0.15, -0.1) is 0 Å². The van der Waals surface area contributed by atoms with E-state index < -0.39 is 0 Å². The van der Waals surface area contributed by atoms with Crippen LogP contribution in [0.2, 0.25) is 0 Å². The first-order valence-electron chi connectivity index (χ1n) is 6.17. The topological polar surface area (TPSA) is 15.3 Å². The van der Waals surface area contributed by atoms with E-state index in [1.807, 2.05) is 0 Å². The smallest absolute Gasteiger partial charge is 0.0108 e. The predicted octanol–water partition coefficient (Wildman–Crippen LogP) is 1.86. The molecule has 2 aliphatic rings. The van der Waals surface area contributed by atoms with Crippen LogP contribution in [-0.4, -0.2) is 37.6 Å². The molecule has 2 atom stereocenters. The van der Waals surface area contributed by atoms with E-state index in [-0.39, 0.29) is 0 Å². The monoisotopic (exact) mass is 196 g/mol. The molecule has 0 spiro atoms. The molecule has 2 heteroatoms. The first kappa shape index (κ1) is 10.4. The van der Waals surface area contributed by atoms with E-state index in [0.717, 1.165) is 18.0 Å². The van der Waals surface area contributed by atoms with E-state index >= 15 is 0 Å². The summed E-state index contributed by atoms with van der Waals surface area (Å²) in [6.45, 7) is 1.35. The fourth-order valence-electron chi connectivity index (χ4n) is 2.85. The summed E-state index contributed by atoms with van der Waals surface area (Å²) in [6, 6.07) is 1.64. The maximum Gasteiger partial charge on any atom is 0.0108 e. The van der Waals surface area contributed by atoms with Crippen LogP contribution in [0.15, 0.2) is 0 Å². The van der Waals surface area contributed by atoms with Crippen molar-refractivity contribution in [2.75, 3.05) is 20.6 Å². The van der Waals surface area contributed by atoms with Crippen molar-refractivity contribution < 1.29 is 0 Å². The van der Waals surface area contributed by atoms with Crippen molar-refractivity contribution in [3.8, 4) is 0 Å². The minimum atomic E-state index is 0.781. The second kappa shape index (κ2) is 4.63. The number of nitrogens with zero attached hydrogens (tertiary/aromatic N) is 1. The van der Waals surface area contributed by atoms with Crippen LogP contribution in [0.3, 0.4) is 0 Å². The Morgan fingerprint density at radius 3 is 2.50 bits per heavy atom. The molecule has 0 amide bonds. The van der Waals surface area contributed by atoms with E-state index in [2.05, 4.69) is 24.3 Å². The van der Waals surface area contributed by atoms with Gasteiger partial charge in [-0.3, -0.25) is 0 Å². The van der Waals surface area contributed by atoms with Gasteiger partial charge in [0.05, 0.1) is 0 Å². The highest BCUT2D eigenvalue weighted by atomic mass is 15.1. The minimum Gasteiger partial charge on any atom is -0.317 e. The highest BCUT2D eigenvalue weighted by Gasteiger charge is 2.28. The molecule has 2 aliphatic carbocycles. The van der Waals surface area contributed by atoms with Gasteiger partial charge in [0.25, 0.3) is 0 Å². The molecule has 0 aromatic heterocycles. The molecule has 0 aliphatic heterocycles. The summed E-state index contributed by atoms with van der Waals surface area (Å²) < 4.78 is 0. The van der Waals surface area contributed by atoms with Crippen LogP contribution < -0.4 is 5.32 Å². The van der Waals surface area contributed by atoms with Crippen molar-refractivity contribution in [3.05, 3.63) is 0 Å². The van der Waals surface area contributed by atoms with Crippen LogP contribution in [0.5, 0.6) is 0 Å². The second-order valence-electron chi connectivity index (χ2n) is 5.19. The normalized spacial score (nSPS) is 33.6. The highest BCUT2D eigenvalue weighted by molar-refractivity contribution is 4.86. The van der Waals surface area contributed by atoms with Crippen molar-refractivity contribution in [2.45, 2.75) is 50.6 Å². The van der Waals surface area contributed by atoms with Crippen LogP contribution in [-0.2, 0) is 0 Å². The van der Waals surface area contributed by atoms with Crippen molar-refractivity contribution in [1.82, 2.24) is 10.2 Å². The molecule has 14 heavy (non-hydrogen) atoms. The minimum absolute atomic E-state index is 0.781. The van der Waals surface area contributed by atoms with E-state index in [4.69, 9.17) is 0 Å². The van der Waals surface area contributed by atoms with Crippen molar-refractivity contribution in [1.29, 1.82) is 0 Å². The summed E-state index contributed by atoms with van der Waals surface area (Å²) in [6.07, 6.45) is 8.56. The molecule has 2 fully saturated rings. The Labute approximate surface area is 88.1 Å². The Morgan fingerprint density at radius 1 is 1.21 bits per heavy atom. The van der Waals surface area contributed by atoms with E-state index in [1.165, 1.54) is 45.1 Å². The number of nitrogens with one attached hydrogen (secondary N) is 1. The van der Waals surface area contributed by atoms with Crippen LogP contribution in [0.1, 0.15) is 38.5 Å². The molecule has 1 N–H and O–H groups in total.